The lowest BCUT2D eigenvalue weighted by molar-refractivity contribution is -0.118. The molecule has 0 radical (unpaired) electrons. The molecule has 0 saturated carbocycles. The maximum atomic E-state index is 11.7. The molecule has 1 atom stereocenters. The van der Waals surface area contributed by atoms with Crippen LogP contribution in [0, 0.1) is 0 Å². The molecular weight excluding hydrogens is 302 g/mol. The van der Waals surface area contributed by atoms with Gasteiger partial charge in [0.05, 0.1) is 11.9 Å². The van der Waals surface area contributed by atoms with Gasteiger partial charge in [-0.3, -0.25) is 4.79 Å². The zero-order chi connectivity index (χ0) is 14.9. The summed E-state index contributed by atoms with van der Waals surface area (Å²) in [5.74, 6) is 0.938. The van der Waals surface area contributed by atoms with E-state index in [9.17, 15) is 9.90 Å². The van der Waals surface area contributed by atoms with Crippen LogP contribution < -0.4 is 5.32 Å². The van der Waals surface area contributed by atoms with E-state index in [0.717, 1.165) is 12.0 Å². The third-order valence-electron chi connectivity index (χ3n) is 2.97. The molecule has 0 aliphatic heterocycles. The number of thiophene rings is 1. The molecule has 21 heavy (non-hydrogen) atoms. The number of carbonyl (C=O) groups is 1. The lowest BCUT2D eigenvalue weighted by Gasteiger charge is -2.10. The number of aliphatic hydroxyl groups is 1. The largest absolute Gasteiger partial charge is 0.388 e. The molecule has 2 aromatic rings. The second-order valence-corrected chi connectivity index (χ2v) is 6.68. The van der Waals surface area contributed by atoms with E-state index >= 15 is 0 Å². The van der Waals surface area contributed by atoms with Gasteiger partial charge in [-0.15, -0.1) is 23.1 Å². The molecule has 112 valence electrons. The molecule has 0 unspecified atom stereocenters. The lowest BCUT2D eigenvalue weighted by Crippen LogP contribution is -2.27. The fourth-order valence-electron chi connectivity index (χ4n) is 1.87. The van der Waals surface area contributed by atoms with Crippen LogP contribution in [0.2, 0.25) is 0 Å². The predicted octanol–water partition coefficient (Wildman–Crippen LogP) is 2.87. The maximum Gasteiger partial charge on any atom is 0.230 e. The van der Waals surface area contributed by atoms with Gasteiger partial charge < -0.3 is 10.4 Å². The van der Waals surface area contributed by atoms with Gasteiger partial charge in [0.25, 0.3) is 0 Å². The molecular formula is C16H19NO2S2. The molecule has 0 aliphatic carbocycles. The quantitative estimate of drug-likeness (QED) is 0.786. The van der Waals surface area contributed by atoms with Gasteiger partial charge in [0, 0.05) is 17.2 Å². The Morgan fingerprint density at radius 3 is 2.76 bits per heavy atom. The summed E-state index contributed by atoms with van der Waals surface area (Å²) in [6, 6.07) is 13.6. The molecule has 1 aromatic carbocycles. The van der Waals surface area contributed by atoms with E-state index in [-0.39, 0.29) is 5.91 Å². The second kappa shape index (κ2) is 8.87. The van der Waals surface area contributed by atoms with E-state index in [0.29, 0.717) is 18.1 Å². The van der Waals surface area contributed by atoms with E-state index < -0.39 is 6.10 Å². The standard InChI is InChI=1S/C16H19NO2S2/c18-15(13-5-2-1-3-6-13)11-20-12-16(19)17-9-8-14-7-4-10-21-14/h1-7,10,15,18H,8-9,11-12H2,(H,17,19)/t15-/m0/s1. The van der Waals surface area contributed by atoms with Crippen molar-refractivity contribution in [1.29, 1.82) is 0 Å². The van der Waals surface area contributed by atoms with Gasteiger partial charge in [-0.05, 0) is 23.4 Å². The van der Waals surface area contributed by atoms with Gasteiger partial charge in [-0.25, -0.2) is 0 Å². The lowest BCUT2D eigenvalue weighted by atomic mass is 10.1. The Bertz CT molecular complexity index is 528. The SMILES string of the molecule is O=C(CSC[C@H](O)c1ccccc1)NCCc1cccs1. The van der Waals surface area contributed by atoms with Gasteiger partial charge in [0.1, 0.15) is 0 Å². The van der Waals surface area contributed by atoms with E-state index in [1.165, 1.54) is 16.6 Å². The number of benzene rings is 1. The van der Waals surface area contributed by atoms with Crippen molar-refractivity contribution in [2.24, 2.45) is 0 Å². The van der Waals surface area contributed by atoms with Gasteiger partial charge >= 0.3 is 0 Å². The van der Waals surface area contributed by atoms with Gasteiger partial charge in [-0.2, -0.15) is 0 Å². The molecule has 0 aliphatic rings. The minimum atomic E-state index is -0.518. The zero-order valence-electron chi connectivity index (χ0n) is 11.7. The van der Waals surface area contributed by atoms with Crippen molar-refractivity contribution in [2.45, 2.75) is 12.5 Å². The fourth-order valence-corrected chi connectivity index (χ4v) is 3.40. The highest BCUT2D eigenvalue weighted by Crippen LogP contribution is 2.17. The predicted molar refractivity (Wildman–Crippen MR) is 89.8 cm³/mol. The minimum Gasteiger partial charge on any atom is -0.388 e. The van der Waals surface area contributed by atoms with E-state index in [1.807, 2.05) is 41.8 Å². The Morgan fingerprint density at radius 1 is 1.24 bits per heavy atom. The first-order valence-corrected chi connectivity index (χ1v) is 8.89. The van der Waals surface area contributed by atoms with E-state index in [2.05, 4.69) is 11.4 Å². The molecule has 0 fully saturated rings. The number of thioether (sulfide) groups is 1. The van der Waals surface area contributed by atoms with Crippen molar-refractivity contribution >= 4 is 29.0 Å². The Hall–Kier alpha value is -1.30. The number of hydrogen-bond acceptors (Lipinski definition) is 4. The van der Waals surface area contributed by atoms with Crippen LogP contribution in [0.5, 0.6) is 0 Å². The molecule has 5 heteroatoms. The highest BCUT2D eigenvalue weighted by atomic mass is 32.2. The second-order valence-electron chi connectivity index (χ2n) is 4.62. The average molecular weight is 321 g/mol. The number of carbonyl (C=O) groups excluding carboxylic acids is 1. The number of nitrogens with one attached hydrogen (secondary N) is 1. The molecule has 0 spiro atoms. The van der Waals surface area contributed by atoms with Crippen molar-refractivity contribution < 1.29 is 9.90 Å². The van der Waals surface area contributed by atoms with Crippen LogP contribution in [0.3, 0.4) is 0 Å². The number of amides is 1. The van der Waals surface area contributed by atoms with Crippen LogP contribution in [0.25, 0.3) is 0 Å². The van der Waals surface area contributed by atoms with E-state index in [4.69, 9.17) is 0 Å². The summed E-state index contributed by atoms with van der Waals surface area (Å²) in [7, 11) is 0. The highest BCUT2D eigenvalue weighted by molar-refractivity contribution is 7.99. The molecule has 1 heterocycles. The van der Waals surface area contributed by atoms with Gasteiger partial charge in [0.15, 0.2) is 0 Å². The Labute approximate surface area is 133 Å². The van der Waals surface area contributed by atoms with Crippen LogP contribution in [0.15, 0.2) is 47.8 Å². The van der Waals surface area contributed by atoms with Crippen LogP contribution in [-0.4, -0.2) is 29.1 Å². The summed E-state index contributed by atoms with van der Waals surface area (Å²) in [4.78, 5) is 13.0. The Kier molecular flexibility index (Phi) is 6.79. The van der Waals surface area contributed by atoms with Crippen molar-refractivity contribution in [2.75, 3.05) is 18.1 Å². The molecule has 0 saturated heterocycles. The first-order valence-electron chi connectivity index (χ1n) is 6.85. The van der Waals surface area contributed by atoms with Gasteiger partial charge in [0.2, 0.25) is 5.91 Å². The third kappa shape index (κ3) is 5.91. The smallest absolute Gasteiger partial charge is 0.230 e. The van der Waals surface area contributed by atoms with Crippen molar-refractivity contribution in [3.8, 4) is 0 Å². The molecule has 2 N–H and O–H groups in total. The fraction of sp³-hybridized carbons (Fsp3) is 0.312. The summed E-state index contributed by atoms with van der Waals surface area (Å²) in [6.45, 7) is 0.668. The van der Waals surface area contributed by atoms with Crippen LogP contribution in [0.4, 0.5) is 0 Å². The molecule has 1 aromatic heterocycles. The monoisotopic (exact) mass is 321 g/mol. The molecule has 0 bridgehead atoms. The van der Waals surface area contributed by atoms with E-state index in [1.54, 1.807) is 11.3 Å². The van der Waals surface area contributed by atoms with Gasteiger partial charge in [-0.1, -0.05) is 36.4 Å². The maximum absolute atomic E-state index is 11.7. The first-order chi connectivity index (χ1) is 10.3. The van der Waals surface area contributed by atoms with Crippen LogP contribution >= 0.6 is 23.1 Å². The van der Waals surface area contributed by atoms with Crippen LogP contribution in [-0.2, 0) is 11.2 Å². The Balaban J connectivity index is 1.58. The normalized spacial score (nSPS) is 12.0. The van der Waals surface area contributed by atoms with Crippen molar-refractivity contribution in [3.05, 3.63) is 58.3 Å². The number of hydrogen-bond donors (Lipinski definition) is 2. The summed E-state index contributed by atoms with van der Waals surface area (Å²) in [6.07, 6.45) is 0.357. The summed E-state index contributed by atoms with van der Waals surface area (Å²) < 4.78 is 0. The minimum absolute atomic E-state index is 0.0248. The molecule has 3 nitrogen and oxygen atoms in total. The zero-order valence-corrected chi connectivity index (χ0v) is 13.3. The number of rotatable bonds is 8. The third-order valence-corrected chi connectivity index (χ3v) is 4.92. The summed E-state index contributed by atoms with van der Waals surface area (Å²) in [5.41, 5.74) is 0.892. The summed E-state index contributed by atoms with van der Waals surface area (Å²) >= 11 is 3.16. The average Bonchev–Trinajstić information content (AvgIpc) is 3.01. The van der Waals surface area contributed by atoms with Crippen LogP contribution in [0.1, 0.15) is 16.5 Å². The first kappa shape index (κ1) is 16.1. The molecule has 2 rings (SSSR count). The molecule has 1 amide bonds. The number of aliphatic hydroxyl groups excluding tert-OH is 1. The Morgan fingerprint density at radius 2 is 2.05 bits per heavy atom. The highest BCUT2D eigenvalue weighted by Gasteiger charge is 2.08. The van der Waals surface area contributed by atoms with Crippen molar-refractivity contribution in [1.82, 2.24) is 5.32 Å². The topological polar surface area (TPSA) is 49.3 Å². The summed E-state index contributed by atoms with van der Waals surface area (Å²) in [5, 5.41) is 14.9. The van der Waals surface area contributed by atoms with Crippen molar-refractivity contribution in [3.63, 3.8) is 0 Å².